The summed E-state index contributed by atoms with van der Waals surface area (Å²) < 4.78 is 15.8. The van der Waals surface area contributed by atoms with Crippen LogP contribution in [0.1, 0.15) is 5.56 Å². The summed E-state index contributed by atoms with van der Waals surface area (Å²) in [6.07, 6.45) is 1.72. The number of benzene rings is 1. The fourth-order valence-electron chi connectivity index (χ4n) is 1.52. The molecule has 1 aromatic heterocycles. The van der Waals surface area contributed by atoms with Crippen LogP contribution in [0.25, 0.3) is 11.3 Å². The van der Waals surface area contributed by atoms with E-state index in [1.807, 2.05) is 17.7 Å². The first-order chi connectivity index (χ1) is 7.09. The molecule has 4 heteroatoms. The molecule has 78 valence electrons. The van der Waals surface area contributed by atoms with Crippen LogP contribution in [0.15, 0.2) is 29.1 Å². The Bertz CT molecular complexity index is 486. The van der Waals surface area contributed by atoms with Gasteiger partial charge < -0.3 is 4.57 Å². The van der Waals surface area contributed by atoms with Crippen molar-refractivity contribution in [3.8, 4) is 11.3 Å². The summed E-state index contributed by atoms with van der Waals surface area (Å²) in [5, 5.41) is 0. The van der Waals surface area contributed by atoms with Gasteiger partial charge in [0.1, 0.15) is 10.4 Å². The second-order valence-electron chi connectivity index (χ2n) is 3.46. The lowest BCUT2D eigenvalue weighted by Crippen LogP contribution is -1.91. The molecule has 15 heavy (non-hydrogen) atoms. The van der Waals surface area contributed by atoms with Gasteiger partial charge in [0.2, 0.25) is 0 Å². The standard InChI is InChI=1S/C11H10BrFN2/c1-7-5-8(3-4-9(7)13)10-11(12)14-6-15(10)2/h3-6H,1-2H3. The van der Waals surface area contributed by atoms with E-state index in [4.69, 9.17) is 0 Å². The zero-order chi connectivity index (χ0) is 11.0. The van der Waals surface area contributed by atoms with Crippen LogP contribution in [-0.2, 0) is 7.05 Å². The Morgan fingerprint density at radius 2 is 2.13 bits per heavy atom. The minimum absolute atomic E-state index is 0.183. The van der Waals surface area contributed by atoms with Crippen LogP contribution in [0.4, 0.5) is 4.39 Å². The molecular weight excluding hydrogens is 259 g/mol. The summed E-state index contributed by atoms with van der Waals surface area (Å²) in [7, 11) is 1.91. The lowest BCUT2D eigenvalue weighted by Gasteiger charge is -2.05. The Morgan fingerprint density at radius 3 is 2.67 bits per heavy atom. The fourth-order valence-corrected chi connectivity index (χ4v) is 2.12. The predicted molar refractivity (Wildman–Crippen MR) is 61.0 cm³/mol. The number of aryl methyl sites for hydroxylation is 2. The number of rotatable bonds is 1. The lowest BCUT2D eigenvalue weighted by molar-refractivity contribution is 0.618. The van der Waals surface area contributed by atoms with Crippen molar-refractivity contribution in [2.24, 2.45) is 7.05 Å². The molecular formula is C11H10BrFN2. The third-order valence-corrected chi connectivity index (χ3v) is 2.90. The van der Waals surface area contributed by atoms with Crippen LogP contribution in [0.5, 0.6) is 0 Å². The maximum absolute atomic E-state index is 13.1. The average Bonchev–Trinajstić information content (AvgIpc) is 2.52. The molecule has 0 radical (unpaired) electrons. The van der Waals surface area contributed by atoms with Crippen LogP contribution < -0.4 is 0 Å². The summed E-state index contributed by atoms with van der Waals surface area (Å²) in [4.78, 5) is 4.13. The highest BCUT2D eigenvalue weighted by Gasteiger charge is 2.09. The van der Waals surface area contributed by atoms with Crippen LogP contribution in [-0.4, -0.2) is 9.55 Å². The van der Waals surface area contributed by atoms with E-state index in [0.29, 0.717) is 5.56 Å². The van der Waals surface area contributed by atoms with E-state index in [-0.39, 0.29) is 5.82 Å². The average molecular weight is 269 g/mol. The summed E-state index contributed by atoms with van der Waals surface area (Å²) in [5.74, 6) is -0.183. The highest BCUT2D eigenvalue weighted by atomic mass is 79.9. The number of nitrogens with zero attached hydrogens (tertiary/aromatic N) is 2. The molecule has 0 aliphatic rings. The maximum atomic E-state index is 13.1. The molecule has 0 bridgehead atoms. The van der Waals surface area contributed by atoms with Crippen molar-refractivity contribution < 1.29 is 4.39 Å². The molecule has 2 nitrogen and oxygen atoms in total. The van der Waals surface area contributed by atoms with Gasteiger partial charge in [0.05, 0.1) is 12.0 Å². The Labute approximate surface area is 95.9 Å². The van der Waals surface area contributed by atoms with Crippen molar-refractivity contribution in [2.75, 3.05) is 0 Å². The summed E-state index contributed by atoms with van der Waals surface area (Å²) in [5.41, 5.74) is 2.56. The molecule has 0 N–H and O–H groups in total. The van der Waals surface area contributed by atoms with Gasteiger partial charge in [-0.15, -0.1) is 0 Å². The van der Waals surface area contributed by atoms with E-state index in [9.17, 15) is 4.39 Å². The summed E-state index contributed by atoms with van der Waals surface area (Å²) in [6.45, 7) is 1.75. The Hall–Kier alpha value is -1.16. The van der Waals surface area contributed by atoms with Crippen LogP contribution in [0, 0.1) is 12.7 Å². The first kappa shape index (κ1) is 10.4. The van der Waals surface area contributed by atoms with Crippen LogP contribution in [0.2, 0.25) is 0 Å². The van der Waals surface area contributed by atoms with Gasteiger partial charge in [0.15, 0.2) is 0 Å². The Morgan fingerprint density at radius 1 is 1.40 bits per heavy atom. The second-order valence-corrected chi connectivity index (χ2v) is 4.21. The fraction of sp³-hybridized carbons (Fsp3) is 0.182. The first-order valence-electron chi connectivity index (χ1n) is 4.53. The molecule has 1 aromatic carbocycles. The molecule has 0 unspecified atom stereocenters. The lowest BCUT2D eigenvalue weighted by atomic mass is 10.1. The number of imidazole rings is 1. The smallest absolute Gasteiger partial charge is 0.132 e. The SMILES string of the molecule is Cc1cc(-c2c(Br)ncn2C)ccc1F. The van der Waals surface area contributed by atoms with Gasteiger partial charge >= 0.3 is 0 Å². The largest absolute Gasteiger partial charge is 0.333 e. The molecule has 0 spiro atoms. The van der Waals surface area contributed by atoms with Crippen molar-refractivity contribution in [3.05, 3.63) is 40.5 Å². The molecule has 1 heterocycles. The van der Waals surface area contributed by atoms with Gasteiger partial charge in [-0.25, -0.2) is 9.37 Å². The normalized spacial score (nSPS) is 10.7. The number of halogens is 2. The molecule has 2 rings (SSSR count). The number of aromatic nitrogens is 2. The van der Waals surface area contributed by atoms with Crippen LogP contribution >= 0.6 is 15.9 Å². The van der Waals surface area contributed by atoms with Gasteiger partial charge in [-0.2, -0.15) is 0 Å². The van der Waals surface area contributed by atoms with E-state index < -0.39 is 0 Å². The molecule has 0 saturated carbocycles. The predicted octanol–water partition coefficient (Wildman–Crippen LogP) is 3.30. The molecule has 0 aliphatic heterocycles. The third-order valence-electron chi connectivity index (χ3n) is 2.32. The van der Waals surface area contributed by atoms with E-state index in [1.54, 1.807) is 19.3 Å². The minimum atomic E-state index is -0.183. The van der Waals surface area contributed by atoms with Gasteiger partial charge in [0, 0.05) is 12.6 Å². The van der Waals surface area contributed by atoms with Crippen molar-refractivity contribution in [1.82, 2.24) is 9.55 Å². The zero-order valence-corrected chi connectivity index (χ0v) is 10.0. The van der Waals surface area contributed by atoms with Crippen molar-refractivity contribution >= 4 is 15.9 Å². The number of hydrogen-bond donors (Lipinski definition) is 0. The molecule has 0 aliphatic carbocycles. The van der Waals surface area contributed by atoms with E-state index >= 15 is 0 Å². The van der Waals surface area contributed by atoms with E-state index in [1.165, 1.54) is 6.07 Å². The van der Waals surface area contributed by atoms with E-state index in [0.717, 1.165) is 15.9 Å². The molecule has 2 aromatic rings. The van der Waals surface area contributed by atoms with Gasteiger partial charge in [-0.1, -0.05) is 0 Å². The van der Waals surface area contributed by atoms with Gasteiger partial charge in [0.25, 0.3) is 0 Å². The molecule has 0 saturated heterocycles. The molecule has 0 fully saturated rings. The second kappa shape index (κ2) is 3.77. The molecule has 0 atom stereocenters. The van der Waals surface area contributed by atoms with Crippen LogP contribution in [0.3, 0.4) is 0 Å². The Kier molecular flexibility index (Phi) is 2.61. The topological polar surface area (TPSA) is 17.8 Å². The quantitative estimate of drug-likeness (QED) is 0.776. The Balaban J connectivity index is 2.59. The van der Waals surface area contributed by atoms with Crippen molar-refractivity contribution in [1.29, 1.82) is 0 Å². The summed E-state index contributed by atoms with van der Waals surface area (Å²) >= 11 is 3.37. The number of hydrogen-bond acceptors (Lipinski definition) is 1. The highest BCUT2D eigenvalue weighted by molar-refractivity contribution is 9.10. The van der Waals surface area contributed by atoms with Crippen molar-refractivity contribution in [3.63, 3.8) is 0 Å². The van der Waals surface area contributed by atoms with Gasteiger partial charge in [-0.3, -0.25) is 0 Å². The monoisotopic (exact) mass is 268 g/mol. The van der Waals surface area contributed by atoms with Crippen molar-refractivity contribution in [2.45, 2.75) is 6.92 Å². The molecule has 0 amide bonds. The minimum Gasteiger partial charge on any atom is -0.333 e. The maximum Gasteiger partial charge on any atom is 0.132 e. The first-order valence-corrected chi connectivity index (χ1v) is 5.32. The third kappa shape index (κ3) is 1.81. The highest BCUT2D eigenvalue weighted by Crippen LogP contribution is 2.27. The van der Waals surface area contributed by atoms with E-state index in [2.05, 4.69) is 20.9 Å². The van der Waals surface area contributed by atoms with Gasteiger partial charge in [-0.05, 0) is 46.6 Å². The summed E-state index contributed by atoms with van der Waals surface area (Å²) in [6, 6.07) is 5.05. The zero-order valence-electron chi connectivity index (χ0n) is 8.46.